The van der Waals surface area contributed by atoms with E-state index in [0.29, 0.717) is 11.3 Å². The molecular weight excluding hydrogens is 350 g/mol. The van der Waals surface area contributed by atoms with Crippen molar-refractivity contribution in [1.82, 2.24) is 4.90 Å². The molecule has 1 amide bonds. The first-order valence-electron chi connectivity index (χ1n) is 10.3. The zero-order valence-corrected chi connectivity index (χ0v) is 16.6. The first-order valence-corrected chi connectivity index (χ1v) is 10.3. The van der Waals surface area contributed by atoms with Crippen LogP contribution in [-0.2, 0) is 0 Å². The number of benzene rings is 2. The topological polar surface area (TPSA) is 44.8 Å². The number of hydrogen-bond donors (Lipinski definition) is 1. The predicted octanol–water partition coefficient (Wildman–Crippen LogP) is 4.01. The number of ether oxygens (including phenoxy) is 1. The van der Waals surface area contributed by atoms with E-state index < -0.39 is 0 Å². The molecule has 2 aliphatic rings. The molecule has 5 nitrogen and oxygen atoms in total. The maximum Gasteiger partial charge on any atom is 0.259 e. The zero-order valence-electron chi connectivity index (χ0n) is 16.6. The molecule has 0 radical (unpaired) electrons. The molecule has 1 saturated heterocycles. The molecule has 28 heavy (non-hydrogen) atoms. The summed E-state index contributed by atoms with van der Waals surface area (Å²) in [6, 6.07) is 16.2. The van der Waals surface area contributed by atoms with Crippen molar-refractivity contribution in [3.05, 3.63) is 54.1 Å². The number of piperazine rings is 1. The number of nitrogens with zero attached hydrogens (tertiary/aromatic N) is 2. The van der Waals surface area contributed by atoms with Gasteiger partial charge in [0.2, 0.25) is 0 Å². The van der Waals surface area contributed by atoms with Crippen LogP contribution in [0.3, 0.4) is 0 Å². The van der Waals surface area contributed by atoms with E-state index in [1.165, 1.54) is 31.4 Å². The summed E-state index contributed by atoms with van der Waals surface area (Å²) >= 11 is 0. The fraction of sp³-hybridized carbons (Fsp3) is 0.435. The zero-order chi connectivity index (χ0) is 19.3. The summed E-state index contributed by atoms with van der Waals surface area (Å²) in [5.74, 6) is 0.423. The minimum Gasteiger partial charge on any atom is -0.496 e. The lowest BCUT2D eigenvalue weighted by Crippen LogP contribution is -2.49. The summed E-state index contributed by atoms with van der Waals surface area (Å²) in [5.41, 5.74) is 2.56. The van der Waals surface area contributed by atoms with Gasteiger partial charge in [0.1, 0.15) is 5.75 Å². The Morgan fingerprint density at radius 1 is 0.964 bits per heavy atom. The molecule has 1 heterocycles. The van der Waals surface area contributed by atoms with E-state index in [1.54, 1.807) is 19.2 Å². The molecule has 0 aromatic heterocycles. The summed E-state index contributed by atoms with van der Waals surface area (Å²) in [7, 11) is 1.58. The minimum atomic E-state index is -0.157. The second-order valence-corrected chi connectivity index (χ2v) is 7.66. The van der Waals surface area contributed by atoms with Crippen LogP contribution in [-0.4, -0.2) is 50.1 Å². The number of hydrogen-bond acceptors (Lipinski definition) is 4. The molecule has 1 aliphatic heterocycles. The second-order valence-electron chi connectivity index (χ2n) is 7.66. The third-order valence-corrected chi connectivity index (χ3v) is 6.00. The van der Waals surface area contributed by atoms with Crippen LogP contribution in [0.25, 0.3) is 0 Å². The van der Waals surface area contributed by atoms with E-state index in [9.17, 15) is 4.79 Å². The predicted molar refractivity (Wildman–Crippen MR) is 113 cm³/mol. The molecule has 4 rings (SSSR count). The molecule has 0 bridgehead atoms. The van der Waals surface area contributed by atoms with Crippen molar-refractivity contribution < 1.29 is 9.53 Å². The molecule has 1 aliphatic carbocycles. The SMILES string of the molecule is COc1ccccc1C(=O)Nc1ccc(N2CCN(C3CCCC3)CC2)cc1. The van der Waals surface area contributed by atoms with E-state index in [0.717, 1.165) is 37.9 Å². The molecule has 2 aromatic rings. The van der Waals surface area contributed by atoms with Crippen LogP contribution in [0.2, 0.25) is 0 Å². The molecule has 1 N–H and O–H groups in total. The molecule has 1 saturated carbocycles. The quantitative estimate of drug-likeness (QED) is 0.852. The normalized spacial score (nSPS) is 18.2. The Balaban J connectivity index is 1.34. The lowest BCUT2D eigenvalue weighted by Gasteiger charge is -2.39. The molecule has 0 spiro atoms. The van der Waals surface area contributed by atoms with Crippen molar-refractivity contribution in [3.8, 4) is 5.75 Å². The van der Waals surface area contributed by atoms with Crippen molar-refractivity contribution in [2.75, 3.05) is 43.5 Å². The lowest BCUT2D eigenvalue weighted by molar-refractivity contribution is 0.102. The van der Waals surface area contributed by atoms with Gasteiger partial charge in [0, 0.05) is 43.6 Å². The smallest absolute Gasteiger partial charge is 0.259 e. The highest BCUT2D eigenvalue weighted by Gasteiger charge is 2.26. The summed E-state index contributed by atoms with van der Waals surface area (Å²) in [4.78, 5) is 17.6. The molecule has 0 unspecified atom stereocenters. The van der Waals surface area contributed by atoms with Gasteiger partial charge in [-0.3, -0.25) is 9.69 Å². The number of methoxy groups -OCH3 is 1. The largest absolute Gasteiger partial charge is 0.496 e. The Morgan fingerprint density at radius 2 is 1.64 bits per heavy atom. The number of carbonyl (C=O) groups is 1. The summed E-state index contributed by atoms with van der Waals surface area (Å²) in [6.45, 7) is 4.45. The Bertz CT molecular complexity index is 792. The van der Waals surface area contributed by atoms with Gasteiger partial charge in [-0.25, -0.2) is 0 Å². The first-order chi connectivity index (χ1) is 13.7. The van der Waals surface area contributed by atoms with Gasteiger partial charge >= 0.3 is 0 Å². The Hall–Kier alpha value is -2.53. The Morgan fingerprint density at radius 3 is 2.32 bits per heavy atom. The number of rotatable bonds is 5. The summed E-state index contributed by atoms with van der Waals surface area (Å²) < 4.78 is 5.28. The highest BCUT2D eigenvalue weighted by atomic mass is 16.5. The van der Waals surface area contributed by atoms with Crippen LogP contribution < -0.4 is 15.0 Å². The van der Waals surface area contributed by atoms with Crippen molar-refractivity contribution >= 4 is 17.3 Å². The van der Waals surface area contributed by atoms with Gasteiger partial charge in [-0.1, -0.05) is 25.0 Å². The van der Waals surface area contributed by atoms with Crippen LogP contribution in [0.15, 0.2) is 48.5 Å². The van der Waals surface area contributed by atoms with E-state index in [2.05, 4.69) is 27.2 Å². The van der Waals surface area contributed by atoms with Crippen molar-refractivity contribution in [1.29, 1.82) is 0 Å². The van der Waals surface area contributed by atoms with E-state index in [4.69, 9.17) is 4.74 Å². The third kappa shape index (κ3) is 4.14. The van der Waals surface area contributed by atoms with Crippen LogP contribution in [0.5, 0.6) is 5.75 Å². The average molecular weight is 380 g/mol. The van der Waals surface area contributed by atoms with E-state index >= 15 is 0 Å². The molecule has 2 fully saturated rings. The molecular formula is C23H29N3O2. The van der Waals surface area contributed by atoms with Crippen LogP contribution in [0.1, 0.15) is 36.0 Å². The summed E-state index contributed by atoms with van der Waals surface area (Å²) in [5, 5.41) is 2.96. The van der Waals surface area contributed by atoms with Crippen molar-refractivity contribution in [2.45, 2.75) is 31.7 Å². The van der Waals surface area contributed by atoms with Crippen molar-refractivity contribution in [3.63, 3.8) is 0 Å². The number of amides is 1. The Labute approximate surface area is 167 Å². The number of anilines is 2. The molecule has 5 heteroatoms. The van der Waals surface area contributed by atoms with Gasteiger partial charge < -0.3 is 15.0 Å². The molecule has 148 valence electrons. The van der Waals surface area contributed by atoms with Gasteiger partial charge in [0.05, 0.1) is 12.7 Å². The monoisotopic (exact) mass is 379 g/mol. The molecule has 0 atom stereocenters. The highest BCUT2D eigenvalue weighted by molar-refractivity contribution is 6.06. The van der Waals surface area contributed by atoms with Crippen molar-refractivity contribution in [2.24, 2.45) is 0 Å². The van der Waals surface area contributed by atoms with E-state index in [-0.39, 0.29) is 5.91 Å². The number of nitrogens with one attached hydrogen (secondary N) is 1. The fourth-order valence-corrected chi connectivity index (χ4v) is 4.40. The maximum atomic E-state index is 12.5. The van der Waals surface area contributed by atoms with Crippen LogP contribution >= 0.6 is 0 Å². The van der Waals surface area contributed by atoms with Crippen LogP contribution in [0.4, 0.5) is 11.4 Å². The third-order valence-electron chi connectivity index (χ3n) is 6.00. The highest BCUT2D eigenvalue weighted by Crippen LogP contribution is 2.26. The summed E-state index contributed by atoms with van der Waals surface area (Å²) in [6.07, 6.45) is 5.54. The van der Waals surface area contributed by atoms with Gasteiger partial charge in [0.15, 0.2) is 0 Å². The maximum absolute atomic E-state index is 12.5. The Kier molecular flexibility index (Phi) is 5.81. The second kappa shape index (κ2) is 8.65. The van der Waals surface area contributed by atoms with Gasteiger partial charge in [-0.05, 0) is 49.2 Å². The van der Waals surface area contributed by atoms with Gasteiger partial charge in [0.25, 0.3) is 5.91 Å². The minimum absolute atomic E-state index is 0.157. The molecule has 2 aromatic carbocycles. The number of para-hydroxylation sites is 1. The average Bonchev–Trinajstić information content (AvgIpc) is 3.29. The van der Waals surface area contributed by atoms with Gasteiger partial charge in [-0.2, -0.15) is 0 Å². The fourth-order valence-electron chi connectivity index (χ4n) is 4.40. The standard InChI is InChI=1S/C23H29N3O2/c1-28-22-9-5-4-8-21(22)23(27)24-18-10-12-20(13-11-18)26-16-14-25(15-17-26)19-6-2-3-7-19/h4-5,8-13,19H,2-3,6-7,14-17H2,1H3,(H,24,27). The lowest BCUT2D eigenvalue weighted by atomic mass is 10.1. The number of carbonyl (C=O) groups excluding carboxylic acids is 1. The van der Waals surface area contributed by atoms with Gasteiger partial charge in [-0.15, -0.1) is 0 Å². The van der Waals surface area contributed by atoms with Crippen LogP contribution in [0, 0.1) is 0 Å². The van der Waals surface area contributed by atoms with E-state index in [1.807, 2.05) is 24.3 Å². The first kappa shape index (κ1) is 18.8.